The molecule has 2 rings (SSSR count). The maximum atomic E-state index is 11.9. The molecule has 1 aliphatic rings. The molecule has 90 valence electrons. The van der Waals surface area contributed by atoms with E-state index >= 15 is 0 Å². The van der Waals surface area contributed by atoms with Gasteiger partial charge in [-0.25, -0.2) is 9.69 Å². The number of urea groups is 1. The van der Waals surface area contributed by atoms with Crippen molar-refractivity contribution < 1.29 is 9.59 Å². The molecule has 1 fully saturated rings. The molecule has 0 atom stereocenters. The monoisotopic (exact) mass is 252 g/mol. The van der Waals surface area contributed by atoms with E-state index in [-0.39, 0.29) is 12.3 Å². The zero-order valence-electron chi connectivity index (χ0n) is 9.66. The van der Waals surface area contributed by atoms with Crippen molar-refractivity contribution >= 4 is 29.2 Å². The molecule has 1 aromatic rings. The molecule has 5 heteroatoms. The van der Waals surface area contributed by atoms with Gasteiger partial charge in [-0.15, -0.1) is 0 Å². The zero-order chi connectivity index (χ0) is 12.6. The number of carbonyl (C=O) groups is 2. The Morgan fingerprint density at radius 1 is 1.24 bits per heavy atom. The predicted octanol–water partition coefficient (Wildman–Crippen LogP) is 2.56. The molecule has 1 aromatic carbocycles. The van der Waals surface area contributed by atoms with Crippen LogP contribution in [0.25, 0.3) is 0 Å². The minimum Gasteiger partial charge on any atom is -0.332 e. The molecule has 1 N–H and O–H groups in total. The number of halogens is 1. The largest absolute Gasteiger partial charge is 0.332 e. The Kier molecular flexibility index (Phi) is 2.83. The first-order valence-corrected chi connectivity index (χ1v) is 5.67. The summed E-state index contributed by atoms with van der Waals surface area (Å²) in [6.07, 6.45) is 0.279. The molecular formula is C12H13ClN2O2. The van der Waals surface area contributed by atoms with E-state index in [0.717, 1.165) is 4.90 Å². The smallest absolute Gasteiger partial charge is 0.329 e. The Labute approximate surface area is 105 Å². The van der Waals surface area contributed by atoms with E-state index in [2.05, 4.69) is 5.32 Å². The van der Waals surface area contributed by atoms with E-state index in [1.807, 2.05) is 13.8 Å². The van der Waals surface area contributed by atoms with Gasteiger partial charge in [0, 0.05) is 10.6 Å². The van der Waals surface area contributed by atoms with Gasteiger partial charge in [0.25, 0.3) is 0 Å². The zero-order valence-corrected chi connectivity index (χ0v) is 10.4. The third-order valence-corrected chi connectivity index (χ3v) is 2.83. The standard InChI is InChI=1S/C12H13ClN2O2/c1-12(2)7-10(16)15(11(17)14-12)9-5-3-8(13)4-6-9/h3-6H,7H2,1-2H3,(H,14,17). The summed E-state index contributed by atoms with van der Waals surface area (Å²) < 4.78 is 0. The number of hydrogen-bond acceptors (Lipinski definition) is 2. The molecule has 0 radical (unpaired) electrons. The van der Waals surface area contributed by atoms with Gasteiger partial charge < -0.3 is 5.32 Å². The Morgan fingerprint density at radius 3 is 2.35 bits per heavy atom. The lowest BCUT2D eigenvalue weighted by atomic mass is 9.97. The van der Waals surface area contributed by atoms with Gasteiger partial charge in [-0.3, -0.25) is 4.79 Å². The Bertz CT molecular complexity index is 448. The van der Waals surface area contributed by atoms with Crippen LogP contribution in [0.2, 0.25) is 5.02 Å². The minimum absolute atomic E-state index is 0.207. The maximum Gasteiger partial charge on any atom is 0.329 e. The van der Waals surface area contributed by atoms with Crippen LogP contribution in [0.15, 0.2) is 24.3 Å². The van der Waals surface area contributed by atoms with Crippen molar-refractivity contribution in [2.24, 2.45) is 0 Å². The van der Waals surface area contributed by atoms with Gasteiger partial charge in [0.1, 0.15) is 0 Å². The van der Waals surface area contributed by atoms with E-state index in [0.29, 0.717) is 10.7 Å². The number of carbonyl (C=O) groups excluding carboxylic acids is 2. The highest BCUT2D eigenvalue weighted by molar-refractivity contribution is 6.30. The molecule has 4 nitrogen and oxygen atoms in total. The van der Waals surface area contributed by atoms with E-state index in [1.165, 1.54) is 0 Å². The Morgan fingerprint density at radius 2 is 1.82 bits per heavy atom. The first kappa shape index (κ1) is 11.9. The molecular weight excluding hydrogens is 240 g/mol. The average Bonchev–Trinajstić information content (AvgIpc) is 2.18. The number of nitrogens with one attached hydrogen (secondary N) is 1. The lowest BCUT2D eigenvalue weighted by Gasteiger charge is -2.36. The first-order valence-electron chi connectivity index (χ1n) is 5.30. The summed E-state index contributed by atoms with van der Waals surface area (Å²) in [7, 11) is 0. The normalized spacial score (nSPS) is 19.1. The molecule has 0 saturated carbocycles. The van der Waals surface area contributed by atoms with Crippen LogP contribution >= 0.6 is 11.6 Å². The van der Waals surface area contributed by atoms with E-state index in [1.54, 1.807) is 24.3 Å². The third-order valence-electron chi connectivity index (χ3n) is 2.58. The molecule has 3 amide bonds. The van der Waals surface area contributed by atoms with Gasteiger partial charge >= 0.3 is 6.03 Å². The van der Waals surface area contributed by atoms with Gasteiger partial charge in [0.15, 0.2) is 0 Å². The van der Waals surface area contributed by atoms with Crippen LogP contribution in [-0.2, 0) is 4.79 Å². The van der Waals surface area contributed by atoms with E-state index < -0.39 is 11.6 Å². The molecule has 1 saturated heterocycles. The van der Waals surface area contributed by atoms with E-state index in [9.17, 15) is 9.59 Å². The van der Waals surface area contributed by atoms with Crippen LogP contribution in [0.4, 0.5) is 10.5 Å². The van der Waals surface area contributed by atoms with Crippen LogP contribution in [-0.4, -0.2) is 17.5 Å². The van der Waals surface area contributed by atoms with Gasteiger partial charge in [0.05, 0.1) is 12.1 Å². The number of imide groups is 1. The molecule has 0 aliphatic carbocycles. The summed E-state index contributed by atoms with van der Waals surface area (Å²) >= 11 is 5.76. The number of amides is 3. The summed E-state index contributed by atoms with van der Waals surface area (Å²) in [5, 5.41) is 3.35. The highest BCUT2D eigenvalue weighted by atomic mass is 35.5. The summed E-state index contributed by atoms with van der Waals surface area (Å²) in [5.74, 6) is -0.207. The fourth-order valence-electron chi connectivity index (χ4n) is 1.81. The number of rotatable bonds is 1. The summed E-state index contributed by atoms with van der Waals surface area (Å²) in [5.41, 5.74) is 0.0456. The van der Waals surface area contributed by atoms with Crippen LogP contribution < -0.4 is 10.2 Å². The van der Waals surface area contributed by atoms with Crippen molar-refractivity contribution in [2.45, 2.75) is 25.8 Å². The van der Waals surface area contributed by atoms with Crippen molar-refractivity contribution in [1.82, 2.24) is 5.32 Å². The van der Waals surface area contributed by atoms with Crippen molar-refractivity contribution in [1.29, 1.82) is 0 Å². The highest BCUT2D eigenvalue weighted by Crippen LogP contribution is 2.24. The topological polar surface area (TPSA) is 49.4 Å². The van der Waals surface area contributed by atoms with Crippen molar-refractivity contribution in [3.05, 3.63) is 29.3 Å². The number of hydrogen-bond donors (Lipinski definition) is 1. The summed E-state index contributed by atoms with van der Waals surface area (Å²) in [6, 6.07) is 6.21. The minimum atomic E-state index is -0.489. The summed E-state index contributed by atoms with van der Waals surface area (Å²) in [4.78, 5) is 24.9. The lowest BCUT2D eigenvalue weighted by molar-refractivity contribution is -0.119. The predicted molar refractivity (Wildman–Crippen MR) is 66.2 cm³/mol. The summed E-state index contributed by atoms with van der Waals surface area (Å²) in [6.45, 7) is 3.64. The van der Waals surface area contributed by atoms with E-state index in [4.69, 9.17) is 11.6 Å². The molecule has 0 bridgehead atoms. The lowest BCUT2D eigenvalue weighted by Crippen LogP contribution is -2.59. The molecule has 1 heterocycles. The fourth-order valence-corrected chi connectivity index (χ4v) is 1.94. The average molecular weight is 253 g/mol. The number of benzene rings is 1. The third kappa shape index (κ3) is 2.42. The quantitative estimate of drug-likeness (QED) is 0.835. The molecule has 0 unspecified atom stereocenters. The molecule has 17 heavy (non-hydrogen) atoms. The van der Waals surface area contributed by atoms with Crippen LogP contribution in [0.1, 0.15) is 20.3 Å². The van der Waals surface area contributed by atoms with Gasteiger partial charge in [-0.05, 0) is 38.1 Å². The second kappa shape index (κ2) is 4.04. The maximum absolute atomic E-state index is 11.9. The second-order valence-electron chi connectivity index (χ2n) is 4.70. The number of nitrogens with zero attached hydrogens (tertiary/aromatic N) is 1. The number of anilines is 1. The van der Waals surface area contributed by atoms with Crippen molar-refractivity contribution in [3.63, 3.8) is 0 Å². The van der Waals surface area contributed by atoms with Gasteiger partial charge in [0.2, 0.25) is 5.91 Å². The van der Waals surface area contributed by atoms with Crippen molar-refractivity contribution in [3.8, 4) is 0 Å². The van der Waals surface area contributed by atoms with Gasteiger partial charge in [-0.1, -0.05) is 11.6 Å². The molecule has 0 aromatic heterocycles. The van der Waals surface area contributed by atoms with Crippen molar-refractivity contribution in [2.75, 3.05) is 4.90 Å². The van der Waals surface area contributed by atoms with Gasteiger partial charge in [-0.2, -0.15) is 0 Å². The van der Waals surface area contributed by atoms with Crippen LogP contribution in [0.5, 0.6) is 0 Å². The van der Waals surface area contributed by atoms with Crippen LogP contribution in [0.3, 0.4) is 0 Å². The second-order valence-corrected chi connectivity index (χ2v) is 5.13. The first-order chi connectivity index (χ1) is 7.89. The molecule has 0 spiro atoms. The molecule has 1 aliphatic heterocycles. The Balaban J connectivity index is 2.30. The fraction of sp³-hybridized carbons (Fsp3) is 0.333. The Hall–Kier alpha value is -1.55. The highest BCUT2D eigenvalue weighted by Gasteiger charge is 2.37. The van der Waals surface area contributed by atoms with Crippen LogP contribution in [0, 0.1) is 0 Å². The SMILES string of the molecule is CC1(C)CC(=O)N(c2ccc(Cl)cc2)C(=O)N1.